The third kappa shape index (κ3) is 4.95. The highest BCUT2D eigenvalue weighted by atomic mass is 19.1. The standard InChI is InChI=1S/C15H26FN3O3/c1-5-12(9(2)14(16)10(3)18-8-17-4)11-6-13(20)19-15(21,22)7-11/h8,11-13,19-22H,5-7H2,1-4H3/b14-9+,17-8?,18-10?. The van der Waals surface area contributed by atoms with Crippen LogP contribution in [0, 0.1) is 11.8 Å². The summed E-state index contributed by atoms with van der Waals surface area (Å²) in [6.07, 6.45) is 1.24. The molecule has 1 saturated heterocycles. The van der Waals surface area contributed by atoms with Gasteiger partial charge >= 0.3 is 0 Å². The van der Waals surface area contributed by atoms with Gasteiger partial charge in [0.25, 0.3) is 0 Å². The fraction of sp³-hybridized carbons (Fsp3) is 0.733. The van der Waals surface area contributed by atoms with Crippen LogP contribution in [0.2, 0.25) is 0 Å². The molecule has 0 spiro atoms. The Kier molecular flexibility index (Phi) is 6.80. The highest BCUT2D eigenvalue weighted by Crippen LogP contribution is 2.37. The SMILES string of the molecule is CCC(/C(C)=C(/F)C(C)=NC=NC)C1CC(O)NC(O)(O)C1. The van der Waals surface area contributed by atoms with Crippen molar-refractivity contribution in [2.24, 2.45) is 21.8 Å². The Bertz CT molecular complexity index is 475. The van der Waals surface area contributed by atoms with Crippen LogP contribution in [0.1, 0.15) is 40.0 Å². The molecule has 0 radical (unpaired) electrons. The van der Waals surface area contributed by atoms with E-state index in [0.29, 0.717) is 18.4 Å². The first-order chi connectivity index (χ1) is 10.2. The van der Waals surface area contributed by atoms with E-state index in [1.807, 2.05) is 6.92 Å². The van der Waals surface area contributed by atoms with Gasteiger partial charge in [-0.05, 0) is 44.1 Å². The summed E-state index contributed by atoms with van der Waals surface area (Å²) in [6.45, 7) is 5.15. The zero-order chi connectivity index (χ0) is 16.9. The van der Waals surface area contributed by atoms with Crippen molar-refractivity contribution in [1.29, 1.82) is 0 Å². The Hall–Kier alpha value is -1.15. The number of halogens is 1. The van der Waals surface area contributed by atoms with Crippen LogP contribution in [0.25, 0.3) is 0 Å². The van der Waals surface area contributed by atoms with Crippen LogP contribution in [0.15, 0.2) is 21.4 Å². The molecule has 126 valence electrons. The molecule has 6 nitrogen and oxygen atoms in total. The molecule has 3 unspecified atom stereocenters. The molecule has 0 amide bonds. The molecule has 0 bridgehead atoms. The molecule has 4 N–H and O–H groups in total. The Morgan fingerprint density at radius 3 is 2.59 bits per heavy atom. The largest absolute Gasteiger partial charge is 0.378 e. The average molecular weight is 315 g/mol. The predicted molar refractivity (Wildman–Crippen MR) is 84.1 cm³/mol. The monoisotopic (exact) mass is 315 g/mol. The average Bonchev–Trinajstić information content (AvgIpc) is 2.42. The van der Waals surface area contributed by atoms with Gasteiger partial charge in [-0.1, -0.05) is 6.92 Å². The van der Waals surface area contributed by atoms with Crippen LogP contribution in [0.5, 0.6) is 0 Å². The Morgan fingerprint density at radius 1 is 1.45 bits per heavy atom. The number of hydrogen-bond acceptors (Lipinski definition) is 5. The molecular weight excluding hydrogens is 289 g/mol. The highest BCUT2D eigenvalue weighted by molar-refractivity contribution is 6.00. The second-order valence-electron chi connectivity index (χ2n) is 5.78. The smallest absolute Gasteiger partial charge is 0.224 e. The molecule has 7 heteroatoms. The molecule has 1 aliphatic heterocycles. The minimum Gasteiger partial charge on any atom is -0.378 e. The summed E-state index contributed by atoms with van der Waals surface area (Å²) in [5, 5.41) is 31.5. The lowest BCUT2D eigenvalue weighted by Crippen LogP contribution is -2.57. The van der Waals surface area contributed by atoms with Crippen LogP contribution < -0.4 is 5.32 Å². The van der Waals surface area contributed by atoms with Crippen molar-refractivity contribution >= 4 is 12.1 Å². The molecule has 1 fully saturated rings. The Morgan fingerprint density at radius 2 is 2.09 bits per heavy atom. The molecular formula is C15H26FN3O3. The summed E-state index contributed by atoms with van der Waals surface area (Å²) < 4.78 is 14.5. The number of nitrogens with one attached hydrogen (secondary N) is 1. The molecule has 1 rings (SSSR count). The van der Waals surface area contributed by atoms with E-state index >= 15 is 0 Å². The number of rotatable bonds is 5. The van der Waals surface area contributed by atoms with Crippen LogP contribution in [0.3, 0.4) is 0 Å². The molecule has 1 heterocycles. The zero-order valence-corrected chi connectivity index (χ0v) is 13.5. The third-order valence-electron chi connectivity index (χ3n) is 4.07. The first kappa shape index (κ1) is 18.9. The first-order valence-corrected chi connectivity index (χ1v) is 7.44. The Labute approximate surface area is 130 Å². The molecule has 1 aliphatic rings. The van der Waals surface area contributed by atoms with Crippen LogP contribution in [-0.4, -0.2) is 46.6 Å². The minimum absolute atomic E-state index is 0.0276. The van der Waals surface area contributed by atoms with Crippen molar-refractivity contribution in [3.63, 3.8) is 0 Å². The molecule has 0 aromatic carbocycles. The summed E-state index contributed by atoms with van der Waals surface area (Å²) in [4.78, 5) is 7.59. The van der Waals surface area contributed by atoms with Crippen molar-refractivity contribution in [3.05, 3.63) is 11.4 Å². The summed E-state index contributed by atoms with van der Waals surface area (Å²) in [5.41, 5.74) is 0.735. The van der Waals surface area contributed by atoms with Gasteiger partial charge in [0, 0.05) is 13.5 Å². The second kappa shape index (κ2) is 7.92. The van der Waals surface area contributed by atoms with E-state index in [4.69, 9.17) is 0 Å². The number of nitrogens with zero attached hydrogens (tertiary/aromatic N) is 2. The fourth-order valence-electron chi connectivity index (χ4n) is 3.07. The summed E-state index contributed by atoms with van der Waals surface area (Å²) in [5.74, 6) is -3.00. The second-order valence-corrected chi connectivity index (χ2v) is 5.78. The van der Waals surface area contributed by atoms with Gasteiger partial charge in [-0.15, -0.1) is 0 Å². The number of allylic oxidation sites excluding steroid dienone is 2. The third-order valence-corrected chi connectivity index (χ3v) is 4.07. The van der Waals surface area contributed by atoms with E-state index in [9.17, 15) is 19.7 Å². The van der Waals surface area contributed by atoms with Gasteiger partial charge in [0.05, 0.1) is 5.71 Å². The van der Waals surface area contributed by atoms with E-state index in [0.717, 1.165) is 0 Å². The van der Waals surface area contributed by atoms with E-state index in [2.05, 4.69) is 15.3 Å². The number of piperidine rings is 1. The van der Waals surface area contributed by atoms with E-state index in [1.54, 1.807) is 20.9 Å². The maximum absolute atomic E-state index is 14.5. The summed E-state index contributed by atoms with van der Waals surface area (Å²) in [6, 6.07) is 0. The predicted octanol–water partition coefficient (Wildman–Crippen LogP) is 1.33. The topological polar surface area (TPSA) is 97.4 Å². The molecule has 0 saturated carbocycles. The summed E-state index contributed by atoms with van der Waals surface area (Å²) in [7, 11) is 1.55. The van der Waals surface area contributed by atoms with E-state index in [1.165, 1.54) is 6.34 Å². The number of aliphatic hydroxyl groups is 3. The van der Waals surface area contributed by atoms with E-state index in [-0.39, 0.29) is 24.0 Å². The van der Waals surface area contributed by atoms with E-state index < -0.39 is 18.0 Å². The quantitative estimate of drug-likeness (QED) is 0.349. The van der Waals surface area contributed by atoms with Crippen molar-refractivity contribution in [2.45, 2.75) is 52.2 Å². The lowest BCUT2D eigenvalue weighted by Gasteiger charge is -2.40. The molecule has 3 atom stereocenters. The first-order valence-electron chi connectivity index (χ1n) is 7.44. The van der Waals surface area contributed by atoms with Gasteiger partial charge in [0.2, 0.25) is 5.91 Å². The van der Waals surface area contributed by atoms with Crippen LogP contribution in [0.4, 0.5) is 4.39 Å². The lowest BCUT2D eigenvalue weighted by molar-refractivity contribution is -0.239. The zero-order valence-electron chi connectivity index (χ0n) is 13.5. The number of hydrogen-bond donors (Lipinski definition) is 4. The molecule has 0 aliphatic carbocycles. The van der Waals surface area contributed by atoms with Gasteiger partial charge in [-0.3, -0.25) is 4.99 Å². The summed E-state index contributed by atoms with van der Waals surface area (Å²) >= 11 is 0. The number of aliphatic hydroxyl groups excluding tert-OH is 1. The number of aliphatic imine (C=N–C) groups is 2. The van der Waals surface area contributed by atoms with Crippen molar-refractivity contribution < 1.29 is 19.7 Å². The van der Waals surface area contributed by atoms with Gasteiger partial charge in [-0.25, -0.2) is 14.7 Å². The van der Waals surface area contributed by atoms with Gasteiger partial charge < -0.3 is 15.3 Å². The van der Waals surface area contributed by atoms with Crippen LogP contribution in [-0.2, 0) is 0 Å². The minimum atomic E-state index is -2.13. The lowest BCUT2D eigenvalue weighted by atomic mass is 9.77. The molecule has 22 heavy (non-hydrogen) atoms. The maximum Gasteiger partial charge on any atom is 0.224 e. The van der Waals surface area contributed by atoms with Crippen LogP contribution >= 0.6 is 0 Å². The van der Waals surface area contributed by atoms with Crippen molar-refractivity contribution in [3.8, 4) is 0 Å². The maximum atomic E-state index is 14.5. The van der Waals surface area contributed by atoms with Gasteiger partial charge in [0.1, 0.15) is 18.4 Å². The van der Waals surface area contributed by atoms with Gasteiger partial charge in [-0.2, -0.15) is 0 Å². The van der Waals surface area contributed by atoms with Crippen molar-refractivity contribution in [2.75, 3.05) is 7.05 Å². The Balaban J connectivity index is 3.03. The van der Waals surface area contributed by atoms with Crippen molar-refractivity contribution in [1.82, 2.24) is 5.32 Å². The molecule has 0 aromatic heterocycles. The fourth-order valence-corrected chi connectivity index (χ4v) is 3.07. The van der Waals surface area contributed by atoms with Gasteiger partial charge in [0.15, 0.2) is 0 Å². The molecule has 0 aromatic rings. The highest BCUT2D eigenvalue weighted by Gasteiger charge is 2.40. The normalized spacial score (nSPS) is 28.6.